The van der Waals surface area contributed by atoms with Crippen molar-refractivity contribution in [3.05, 3.63) is 83.1 Å². The van der Waals surface area contributed by atoms with E-state index in [9.17, 15) is 13.6 Å². The summed E-state index contributed by atoms with van der Waals surface area (Å²) in [5, 5.41) is 10.4. The Morgan fingerprint density at radius 1 is 1.19 bits per heavy atom. The monoisotopic (exact) mass is 421 g/mol. The Balaban J connectivity index is 1.66. The number of carbonyl (C=O) groups excluding carboxylic acids is 1. The number of fused-ring (bicyclic) bond motifs is 1. The standard InChI is InChI=1S/C22H17F2N5O2/c1-31-21-16(22(30)27-12-15-11-25-8-9-26-15)5-7-19-20(21)18(28-29-19)6-3-13-2-4-14(23)10-17(13)24/h2-11H,12H2,1H3,(H,27,30)(H,28,29)/b6-3+. The Morgan fingerprint density at radius 3 is 2.81 bits per heavy atom. The number of benzene rings is 2. The van der Waals surface area contributed by atoms with E-state index in [2.05, 4.69) is 25.5 Å². The van der Waals surface area contributed by atoms with Crippen LogP contribution in [-0.2, 0) is 6.54 Å². The number of hydrogen-bond donors (Lipinski definition) is 2. The van der Waals surface area contributed by atoms with Crippen molar-refractivity contribution in [2.45, 2.75) is 6.54 Å². The number of H-pyrrole nitrogens is 1. The third-order valence-corrected chi connectivity index (χ3v) is 4.59. The Morgan fingerprint density at radius 2 is 2.06 bits per heavy atom. The SMILES string of the molecule is COc1c(C(=O)NCc2cnccn2)ccc2[nH]nc(/C=C/c3ccc(F)cc3F)c12. The van der Waals surface area contributed by atoms with E-state index < -0.39 is 11.6 Å². The molecule has 0 saturated heterocycles. The molecule has 1 amide bonds. The lowest BCUT2D eigenvalue weighted by Crippen LogP contribution is -2.24. The number of methoxy groups -OCH3 is 1. The maximum Gasteiger partial charge on any atom is 0.255 e. The molecule has 0 radical (unpaired) electrons. The molecule has 0 saturated carbocycles. The first kappa shape index (κ1) is 20.1. The first-order valence-corrected chi connectivity index (χ1v) is 9.28. The van der Waals surface area contributed by atoms with E-state index in [4.69, 9.17) is 4.74 Å². The van der Waals surface area contributed by atoms with Gasteiger partial charge < -0.3 is 10.1 Å². The molecule has 0 aliphatic carbocycles. The molecule has 4 aromatic rings. The molecular weight excluding hydrogens is 404 g/mol. The molecule has 4 rings (SSSR count). The van der Waals surface area contributed by atoms with E-state index in [1.165, 1.54) is 25.3 Å². The summed E-state index contributed by atoms with van der Waals surface area (Å²) in [5.74, 6) is -1.38. The van der Waals surface area contributed by atoms with Crippen molar-refractivity contribution < 1.29 is 18.3 Å². The van der Waals surface area contributed by atoms with Crippen LogP contribution in [0.4, 0.5) is 8.78 Å². The van der Waals surface area contributed by atoms with E-state index >= 15 is 0 Å². The number of ether oxygens (including phenoxy) is 1. The second-order valence-electron chi connectivity index (χ2n) is 6.56. The fourth-order valence-corrected chi connectivity index (χ4v) is 3.11. The number of nitrogens with zero attached hydrogens (tertiary/aromatic N) is 3. The second kappa shape index (κ2) is 8.70. The van der Waals surface area contributed by atoms with Crippen LogP contribution in [0.15, 0.2) is 48.9 Å². The molecule has 7 nitrogen and oxygen atoms in total. The maximum atomic E-state index is 13.9. The van der Waals surface area contributed by atoms with Gasteiger partial charge >= 0.3 is 0 Å². The molecule has 0 fully saturated rings. The Bertz CT molecular complexity index is 1270. The number of halogens is 2. The van der Waals surface area contributed by atoms with Crippen molar-refractivity contribution in [1.82, 2.24) is 25.5 Å². The maximum absolute atomic E-state index is 13.9. The number of aromatic nitrogens is 4. The number of hydrogen-bond acceptors (Lipinski definition) is 5. The summed E-state index contributed by atoms with van der Waals surface area (Å²) < 4.78 is 32.6. The quantitative estimate of drug-likeness (QED) is 0.495. The normalized spacial score (nSPS) is 11.2. The second-order valence-corrected chi connectivity index (χ2v) is 6.56. The Labute approximate surface area is 175 Å². The van der Waals surface area contributed by atoms with Gasteiger partial charge in [-0.15, -0.1) is 0 Å². The summed E-state index contributed by atoms with van der Waals surface area (Å²) in [7, 11) is 1.45. The lowest BCUT2D eigenvalue weighted by Gasteiger charge is -2.10. The van der Waals surface area contributed by atoms with Crippen LogP contribution < -0.4 is 10.1 Å². The molecule has 2 N–H and O–H groups in total. The van der Waals surface area contributed by atoms with Crippen LogP contribution in [-0.4, -0.2) is 33.2 Å². The van der Waals surface area contributed by atoms with E-state index in [-0.39, 0.29) is 18.0 Å². The van der Waals surface area contributed by atoms with Gasteiger partial charge in [0.05, 0.1) is 47.7 Å². The molecule has 156 valence electrons. The minimum absolute atomic E-state index is 0.203. The zero-order valence-corrected chi connectivity index (χ0v) is 16.4. The lowest BCUT2D eigenvalue weighted by molar-refractivity contribution is 0.0947. The predicted molar refractivity (Wildman–Crippen MR) is 111 cm³/mol. The molecule has 0 bridgehead atoms. The average Bonchev–Trinajstić information content (AvgIpc) is 3.20. The van der Waals surface area contributed by atoms with Crippen LogP contribution in [0.25, 0.3) is 23.1 Å². The lowest BCUT2D eigenvalue weighted by atomic mass is 10.1. The Hall–Kier alpha value is -4.14. The summed E-state index contributed by atoms with van der Waals surface area (Å²) >= 11 is 0. The highest BCUT2D eigenvalue weighted by Gasteiger charge is 2.19. The van der Waals surface area contributed by atoms with Gasteiger partial charge in [-0.3, -0.25) is 19.9 Å². The van der Waals surface area contributed by atoms with E-state index in [1.807, 2.05) is 0 Å². The summed E-state index contributed by atoms with van der Waals surface area (Å²) in [6.45, 7) is 0.204. The molecule has 0 unspecified atom stereocenters. The largest absolute Gasteiger partial charge is 0.495 e. The number of rotatable bonds is 6. The van der Waals surface area contributed by atoms with Gasteiger partial charge in [-0.1, -0.05) is 0 Å². The average molecular weight is 421 g/mol. The number of amides is 1. The first-order chi connectivity index (χ1) is 15.1. The first-order valence-electron chi connectivity index (χ1n) is 9.28. The summed E-state index contributed by atoms with van der Waals surface area (Å²) in [6.07, 6.45) is 7.70. The number of carbonyl (C=O) groups is 1. The van der Waals surface area contributed by atoms with E-state index in [0.717, 1.165) is 6.07 Å². The fraction of sp³-hybridized carbons (Fsp3) is 0.0909. The van der Waals surface area contributed by atoms with Gasteiger partial charge in [-0.05, 0) is 36.4 Å². The minimum atomic E-state index is -0.688. The Kier molecular flexibility index (Phi) is 5.65. The summed E-state index contributed by atoms with van der Waals surface area (Å²) in [5.41, 5.74) is 2.21. The summed E-state index contributed by atoms with van der Waals surface area (Å²) in [4.78, 5) is 20.8. The number of aromatic amines is 1. The van der Waals surface area contributed by atoms with Crippen molar-refractivity contribution in [3.63, 3.8) is 0 Å². The topological polar surface area (TPSA) is 92.8 Å². The van der Waals surface area contributed by atoms with Crippen molar-refractivity contribution in [3.8, 4) is 5.75 Å². The number of nitrogens with one attached hydrogen (secondary N) is 2. The molecule has 0 aliphatic rings. The molecule has 2 aromatic carbocycles. The van der Waals surface area contributed by atoms with Gasteiger partial charge in [0, 0.05) is 24.0 Å². The molecule has 2 aromatic heterocycles. The van der Waals surface area contributed by atoms with Crippen LogP contribution in [0.5, 0.6) is 5.75 Å². The van der Waals surface area contributed by atoms with Gasteiger partial charge in [0.1, 0.15) is 17.4 Å². The minimum Gasteiger partial charge on any atom is -0.495 e. The van der Waals surface area contributed by atoms with Crippen molar-refractivity contribution >= 4 is 29.0 Å². The third kappa shape index (κ3) is 4.25. The molecule has 0 aliphatic heterocycles. The van der Waals surface area contributed by atoms with E-state index in [0.29, 0.717) is 33.6 Å². The fourth-order valence-electron chi connectivity index (χ4n) is 3.11. The highest BCUT2D eigenvalue weighted by atomic mass is 19.1. The van der Waals surface area contributed by atoms with Gasteiger partial charge in [0.25, 0.3) is 5.91 Å². The molecule has 9 heteroatoms. The van der Waals surface area contributed by atoms with Crippen molar-refractivity contribution in [2.24, 2.45) is 0 Å². The molecule has 2 heterocycles. The van der Waals surface area contributed by atoms with Crippen LogP contribution in [0.3, 0.4) is 0 Å². The highest BCUT2D eigenvalue weighted by molar-refractivity contribution is 6.05. The van der Waals surface area contributed by atoms with Gasteiger partial charge in [0.2, 0.25) is 0 Å². The van der Waals surface area contributed by atoms with Crippen molar-refractivity contribution in [1.29, 1.82) is 0 Å². The highest BCUT2D eigenvalue weighted by Crippen LogP contribution is 2.32. The third-order valence-electron chi connectivity index (χ3n) is 4.59. The van der Waals surface area contributed by atoms with Crippen LogP contribution in [0, 0.1) is 11.6 Å². The summed E-state index contributed by atoms with van der Waals surface area (Å²) in [6, 6.07) is 6.64. The van der Waals surface area contributed by atoms with Crippen molar-refractivity contribution in [2.75, 3.05) is 7.11 Å². The van der Waals surface area contributed by atoms with E-state index in [1.54, 1.807) is 36.8 Å². The zero-order valence-electron chi connectivity index (χ0n) is 16.4. The molecule has 0 spiro atoms. The van der Waals surface area contributed by atoms with Crippen LogP contribution in [0.2, 0.25) is 0 Å². The molecular formula is C22H17F2N5O2. The molecule has 0 atom stereocenters. The predicted octanol–water partition coefficient (Wildman–Crippen LogP) is 3.74. The van der Waals surface area contributed by atoms with Gasteiger partial charge in [0.15, 0.2) is 0 Å². The molecule has 31 heavy (non-hydrogen) atoms. The smallest absolute Gasteiger partial charge is 0.255 e. The zero-order chi connectivity index (χ0) is 21.8. The van der Waals surface area contributed by atoms with Crippen LogP contribution >= 0.6 is 0 Å². The van der Waals surface area contributed by atoms with Gasteiger partial charge in [-0.2, -0.15) is 5.10 Å². The van der Waals surface area contributed by atoms with Gasteiger partial charge in [-0.25, -0.2) is 8.78 Å². The van der Waals surface area contributed by atoms with Crippen LogP contribution in [0.1, 0.15) is 27.3 Å².